The van der Waals surface area contributed by atoms with Gasteiger partial charge >= 0.3 is 0 Å². The molecular formula is C19H15ClN2O2. The zero-order valence-electron chi connectivity index (χ0n) is 13.3. The Balaban J connectivity index is 2.32. The lowest BCUT2D eigenvalue weighted by atomic mass is 10.0. The summed E-state index contributed by atoms with van der Waals surface area (Å²) in [7, 11) is 0. The Labute approximate surface area is 144 Å². The molecule has 1 aromatic heterocycles. The lowest BCUT2D eigenvalue weighted by molar-refractivity contribution is 0.0977. The minimum Gasteiger partial charge on any atom is -0.294 e. The second-order valence-corrected chi connectivity index (χ2v) is 5.88. The van der Waals surface area contributed by atoms with Gasteiger partial charge < -0.3 is 0 Å². The van der Waals surface area contributed by atoms with Crippen LogP contribution in [0.25, 0.3) is 16.9 Å². The summed E-state index contributed by atoms with van der Waals surface area (Å²) >= 11 is 5.93. The van der Waals surface area contributed by atoms with E-state index in [1.165, 1.54) is 18.5 Å². The van der Waals surface area contributed by atoms with Crippen LogP contribution < -0.4 is 0 Å². The number of Topliss-reactive ketones (excluding diaryl/α,β-unsaturated/α-hetero) is 2. The molecule has 3 rings (SSSR count). The van der Waals surface area contributed by atoms with E-state index >= 15 is 0 Å². The molecule has 0 radical (unpaired) electrons. The molecule has 0 unspecified atom stereocenters. The molecule has 4 nitrogen and oxygen atoms in total. The molecule has 0 aliphatic rings. The standard InChI is InChI=1S/C19H15ClN2O2/c1-12(23)17-18(14-6-4-3-5-7-14)21-22(19(17)13(2)24)16-10-8-15(20)9-11-16/h3-11H,1-2H3. The van der Waals surface area contributed by atoms with Crippen molar-refractivity contribution in [2.75, 3.05) is 0 Å². The molecule has 120 valence electrons. The van der Waals surface area contributed by atoms with E-state index in [9.17, 15) is 9.59 Å². The van der Waals surface area contributed by atoms with Crippen LogP contribution in [0.5, 0.6) is 0 Å². The van der Waals surface area contributed by atoms with Crippen LogP contribution in [0.4, 0.5) is 0 Å². The van der Waals surface area contributed by atoms with Gasteiger partial charge in [0.15, 0.2) is 11.6 Å². The highest BCUT2D eigenvalue weighted by Crippen LogP contribution is 2.28. The number of carbonyl (C=O) groups is 2. The summed E-state index contributed by atoms with van der Waals surface area (Å²) in [5.41, 5.74) is 2.59. The Morgan fingerprint density at radius 2 is 1.54 bits per heavy atom. The molecule has 0 atom stereocenters. The van der Waals surface area contributed by atoms with E-state index in [0.717, 1.165) is 5.56 Å². The second kappa shape index (κ2) is 6.42. The molecule has 0 aliphatic heterocycles. The fourth-order valence-electron chi connectivity index (χ4n) is 2.64. The molecule has 2 aromatic carbocycles. The highest BCUT2D eigenvalue weighted by molar-refractivity contribution is 6.30. The first kappa shape index (κ1) is 16.1. The summed E-state index contributed by atoms with van der Waals surface area (Å²) in [4.78, 5) is 24.5. The first-order chi connectivity index (χ1) is 11.5. The zero-order valence-corrected chi connectivity index (χ0v) is 14.0. The Morgan fingerprint density at radius 3 is 2.08 bits per heavy atom. The van der Waals surface area contributed by atoms with Crippen LogP contribution in [-0.2, 0) is 0 Å². The van der Waals surface area contributed by atoms with Crippen molar-refractivity contribution in [3.8, 4) is 16.9 Å². The minimum absolute atomic E-state index is 0.195. The van der Waals surface area contributed by atoms with E-state index in [1.54, 1.807) is 24.3 Å². The van der Waals surface area contributed by atoms with Gasteiger partial charge in [0, 0.05) is 17.5 Å². The van der Waals surface area contributed by atoms with Crippen LogP contribution in [0.15, 0.2) is 54.6 Å². The molecule has 0 bridgehead atoms. The molecule has 3 aromatic rings. The fraction of sp³-hybridized carbons (Fsp3) is 0.105. The lowest BCUT2D eigenvalue weighted by Gasteiger charge is -2.06. The third kappa shape index (κ3) is 2.88. The smallest absolute Gasteiger partial charge is 0.179 e. The van der Waals surface area contributed by atoms with Gasteiger partial charge in [0.2, 0.25) is 0 Å². The van der Waals surface area contributed by atoms with Crippen molar-refractivity contribution in [1.29, 1.82) is 0 Å². The Hall–Kier alpha value is -2.72. The molecular weight excluding hydrogens is 324 g/mol. The van der Waals surface area contributed by atoms with E-state index in [0.29, 0.717) is 22.0 Å². The maximum absolute atomic E-state index is 12.2. The van der Waals surface area contributed by atoms with Crippen molar-refractivity contribution in [3.05, 3.63) is 70.9 Å². The average molecular weight is 339 g/mol. The predicted octanol–water partition coefficient (Wildman–Crippen LogP) is 4.60. The quantitative estimate of drug-likeness (QED) is 0.653. The van der Waals surface area contributed by atoms with Gasteiger partial charge in [-0.3, -0.25) is 9.59 Å². The molecule has 0 saturated carbocycles. The Kier molecular flexibility index (Phi) is 4.32. The molecule has 5 heteroatoms. The van der Waals surface area contributed by atoms with Crippen molar-refractivity contribution >= 4 is 23.2 Å². The van der Waals surface area contributed by atoms with Crippen molar-refractivity contribution in [2.24, 2.45) is 0 Å². The van der Waals surface area contributed by atoms with Crippen molar-refractivity contribution in [3.63, 3.8) is 0 Å². The van der Waals surface area contributed by atoms with Gasteiger partial charge in [-0.2, -0.15) is 5.10 Å². The first-order valence-corrected chi connectivity index (χ1v) is 7.83. The van der Waals surface area contributed by atoms with Gasteiger partial charge in [-0.15, -0.1) is 0 Å². The molecule has 0 N–H and O–H groups in total. The van der Waals surface area contributed by atoms with Gasteiger partial charge in [0.25, 0.3) is 0 Å². The van der Waals surface area contributed by atoms with Gasteiger partial charge in [0.05, 0.1) is 11.3 Å². The Morgan fingerprint density at radius 1 is 0.917 bits per heavy atom. The summed E-state index contributed by atoms with van der Waals surface area (Å²) in [6.45, 7) is 2.88. The van der Waals surface area contributed by atoms with Crippen LogP contribution in [0, 0.1) is 0 Å². The highest BCUT2D eigenvalue weighted by atomic mass is 35.5. The Bertz CT molecular complexity index is 913. The average Bonchev–Trinajstić information content (AvgIpc) is 2.97. The number of halogens is 1. The summed E-state index contributed by atoms with van der Waals surface area (Å²) in [5.74, 6) is -0.413. The van der Waals surface area contributed by atoms with Gasteiger partial charge in [0.1, 0.15) is 11.4 Å². The summed E-state index contributed by atoms with van der Waals surface area (Å²) in [5, 5.41) is 5.14. The molecule has 0 amide bonds. The summed E-state index contributed by atoms with van der Waals surface area (Å²) in [6, 6.07) is 16.3. The third-order valence-electron chi connectivity index (χ3n) is 3.69. The maximum Gasteiger partial charge on any atom is 0.179 e. The number of carbonyl (C=O) groups excluding carboxylic acids is 2. The molecule has 0 aliphatic carbocycles. The van der Waals surface area contributed by atoms with Gasteiger partial charge in [-0.25, -0.2) is 4.68 Å². The monoisotopic (exact) mass is 338 g/mol. The van der Waals surface area contributed by atoms with Crippen LogP contribution in [-0.4, -0.2) is 21.3 Å². The molecule has 0 saturated heterocycles. The largest absolute Gasteiger partial charge is 0.294 e. The molecule has 24 heavy (non-hydrogen) atoms. The van der Waals surface area contributed by atoms with Crippen molar-refractivity contribution < 1.29 is 9.59 Å². The normalized spacial score (nSPS) is 10.6. The third-order valence-corrected chi connectivity index (χ3v) is 3.94. The number of hydrogen-bond donors (Lipinski definition) is 0. The zero-order chi connectivity index (χ0) is 17.3. The van der Waals surface area contributed by atoms with Crippen LogP contribution in [0.3, 0.4) is 0 Å². The SMILES string of the molecule is CC(=O)c1c(-c2ccccc2)nn(-c2ccc(Cl)cc2)c1C(C)=O. The highest BCUT2D eigenvalue weighted by Gasteiger charge is 2.25. The van der Waals surface area contributed by atoms with Crippen molar-refractivity contribution in [1.82, 2.24) is 9.78 Å². The van der Waals surface area contributed by atoms with Gasteiger partial charge in [-0.05, 0) is 31.2 Å². The molecule has 1 heterocycles. The number of hydrogen-bond acceptors (Lipinski definition) is 3. The van der Waals surface area contributed by atoms with E-state index in [2.05, 4.69) is 5.10 Å². The van der Waals surface area contributed by atoms with E-state index < -0.39 is 0 Å². The maximum atomic E-state index is 12.2. The number of nitrogens with zero attached hydrogens (tertiary/aromatic N) is 2. The fourth-order valence-corrected chi connectivity index (χ4v) is 2.77. The number of rotatable bonds is 4. The molecule has 0 spiro atoms. The summed E-state index contributed by atoms with van der Waals surface area (Å²) < 4.78 is 1.51. The minimum atomic E-state index is -0.218. The topological polar surface area (TPSA) is 52.0 Å². The van der Waals surface area contributed by atoms with Crippen LogP contribution in [0.1, 0.15) is 34.7 Å². The predicted molar refractivity (Wildman–Crippen MR) is 94.0 cm³/mol. The van der Waals surface area contributed by atoms with E-state index in [-0.39, 0.29) is 17.3 Å². The lowest BCUT2D eigenvalue weighted by Crippen LogP contribution is -2.09. The molecule has 0 fully saturated rings. The van der Waals surface area contributed by atoms with Crippen LogP contribution >= 0.6 is 11.6 Å². The first-order valence-electron chi connectivity index (χ1n) is 7.45. The number of ketones is 2. The number of benzene rings is 2. The van der Waals surface area contributed by atoms with Crippen LogP contribution in [0.2, 0.25) is 5.02 Å². The van der Waals surface area contributed by atoms with Gasteiger partial charge in [-0.1, -0.05) is 41.9 Å². The van der Waals surface area contributed by atoms with E-state index in [4.69, 9.17) is 11.6 Å². The second-order valence-electron chi connectivity index (χ2n) is 5.44. The van der Waals surface area contributed by atoms with Crippen molar-refractivity contribution in [2.45, 2.75) is 13.8 Å². The van der Waals surface area contributed by atoms with E-state index in [1.807, 2.05) is 30.3 Å². The number of aromatic nitrogens is 2. The summed E-state index contributed by atoms with van der Waals surface area (Å²) in [6.07, 6.45) is 0.